The fraction of sp³-hybridized carbons (Fsp3) is 0.231. The molecular formula is C26H23N7O6S2. The van der Waals surface area contributed by atoms with Crippen LogP contribution in [0, 0.1) is 10.1 Å². The number of nitro benzene ring substituents is 1. The maximum Gasteiger partial charge on any atom is 0.302 e. The van der Waals surface area contributed by atoms with Gasteiger partial charge in [0, 0.05) is 31.0 Å². The highest BCUT2D eigenvalue weighted by atomic mass is 32.2. The van der Waals surface area contributed by atoms with E-state index in [1.807, 2.05) is 6.92 Å². The number of nitrogens with zero attached hydrogens (tertiary/aromatic N) is 7. The van der Waals surface area contributed by atoms with Crippen molar-refractivity contribution in [3.63, 3.8) is 0 Å². The lowest BCUT2D eigenvalue weighted by Gasteiger charge is -2.15. The number of carbonyl (C=O) groups is 2. The first-order valence-electron chi connectivity index (χ1n) is 12.4. The quantitative estimate of drug-likeness (QED) is 0.128. The number of esters is 1. The summed E-state index contributed by atoms with van der Waals surface area (Å²) < 4.78 is 6.67. The van der Waals surface area contributed by atoms with Gasteiger partial charge in [-0.05, 0) is 42.8 Å². The van der Waals surface area contributed by atoms with Crippen LogP contribution in [0.5, 0.6) is 5.75 Å². The van der Waals surface area contributed by atoms with Gasteiger partial charge in [0.15, 0.2) is 5.17 Å². The van der Waals surface area contributed by atoms with Crippen LogP contribution in [0.4, 0.5) is 11.4 Å². The number of thioether (sulfide) groups is 1. The number of phenols is 1. The maximum absolute atomic E-state index is 13.3. The minimum Gasteiger partial charge on any atom is -0.508 e. The van der Waals surface area contributed by atoms with Crippen LogP contribution in [0.25, 0.3) is 16.2 Å². The fourth-order valence-corrected chi connectivity index (χ4v) is 5.93. The number of fused-ring (bicyclic) bond motifs is 1. The van der Waals surface area contributed by atoms with Crippen molar-refractivity contribution in [1.29, 1.82) is 0 Å². The second-order valence-electron chi connectivity index (χ2n) is 8.75. The molecule has 1 aliphatic heterocycles. The normalized spacial score (nSPS) is 16.3. The van der Waals surface area contributed by atoms with Gasteiger partial charge in [0.2, 0.25) is 10.9 Å². The van der Waals surface area contributed by atoms with E-state index in [0.29, 0.717) is 32.8 Å². The monoisotopic (exact) mass is 593 g/mol. The molecule has 1 amide bonds. The number of rotatable bonds is 9. The van der Waals surface area contributed by atoms with E-state index in [1.165, 1.54) is 65.4 Å². The molecule has 2 aromatic heterocycles. The highest BCUT2D eigenvalue weighted by Crippen LogP contribution is 2.35. The second kappa shape index (κ2) is 11.9. The lowest BCUT2D eigenvalue weighted by molar-refractivity contribution is -0.384. The molecule has 1 unspecified atom stereocenters. The Kier molecular flexibility index (Phi) is 8.07. The first-order chi connectivity index (χ1) is 19.7. The lowest BCUT2D eigenvalue weighted by Crippen LogP contribution is -2.32. The van der Waals surface area contributed by atoms with Crippen molar-refractivity contribution < 1.29 is 24.4 Å². The van der Waals surface area contributed by atoms with E-state index in [1.54, 1.807) is 28.8 Å². The fourth-order valence-electron chi connectivity index (χ4n) is 4.02. The molecule has 210 valence electrons. The summed E-state index contributed by atoms with van der Waals surface area (Å²) in [6.07, 6.45) is 2.48. The molecule has 1 aliphatic rings. The number of carbonyl (C=O) groups excluding carboxylic acids is 2. The van der Waals surface area contributed by atoms with Crippen LogP contribution in [0.15, 0.2) is 58.7 Å². The van der Waals surface area contributed by atoms with Crippen LogP contribution in [0.3, 0.4) is 0 Å². The van der Waals surface area contributed by atoms with Crippen molar-refractivity contribution in [2.45, 2.75) is 31.9 Å². The van der Waals surface area contributed by atoms with E-state index >= 15 is 0 Å². The second-order valence-corrected chi connectivity index (χ2v) is 11.0. The van der Waals surface area contributed by atoms with Crippen LogP contribution >= 0.6 is 23.1 Å². The number of nitro groups is 1. The van der Waals surface area contributed by atoms with Gasteiger partial charge in [0.25, 0.3) is 5.69 Å². The van der Waals surface area contributed by atoms with Gasteiger partial charge in [-0.3, -0.25) is 24.6 Å². The summed E-state index contributed by atoms with van der Waals surface area (Å²) in [7, 11) is 0. The summed E-state index contributed by atoms with van der Waals surface area (Å²) >= 11 is 2.61. The topological polar surface area (TPSA) is 165 Å². The van der Waals surface area contributed by atoms with E-state index in [-0.39, 0.29) is 30.4 Å². The van der Waals surface area contributed by atoms with Crippen molar-refractivity contribution in [1.82, 2.24) is 14.6 Å². The molecule has 0 spiro atoms. The Labute approximate surface area is 241 Å². The highest BCUT2D eigenvalue weighted by Gasteiger charge is 2.39. The number of aromatic hydroxyl groups is 1. The largest absolute Gasteiger partial charge is 0.508 e. The number of amides is 1. The molecule has 1 atom stereocenters. The van der Waals surface area contributed by atoms with E-state index in [2.05, 4.69) is 15.3 Å². The number of non-ortho nitro benzene ring substituents is 1. The van der Waals surface area contributed by atoms with E-state index in [9.17, 15) is 24.8 Å². The van der Waals surface area contributed by atoms with Gasteiger partial charge >= 0.3 is 5.97 Å². The first kappa shape index (κ1) is 27.9. The van der Waals surface area contributed by atoms with Crippen molar-refractivity contribution in [3.05, 3.63) is 69.3 Å². The molecule has 0 radical (unpaired) electrons. The summed E-state index contributed by atoms with van der Waals surface area (Å²) in [6, 6.07) is 12.1. The summed E-state index contributed by atoms with van der Waals surface area (Å²) in [4.78, 5) is 41.9. The van der Waals surface area contributed by atoms with Crippen LogP contribution in [0.2, 0.25) is 0 Å². The molecule has 1 N–H and O–H groups in total. The molecule has 41 heavy (non-hydrogen) atoms. The van der Waals surface area contributed by atoms with Crippen molar-refractivity contribution in [2.24, 2.45) is 10.2 Å². The van der Waals surface area contributed by atoms with Crippen LogP contribution in [-0.4, -0.2) is 59.7 Å². The van der Waals surface area contributed by atoms with Gasteiger partial charge in [-0.2, -0.15) is 10.2 Å². The Morgan fingerprint density at radius 2 is 1.95 bits per heavy atom. The number of imidazole rings is 1. The minimum atomic E-state index is -0.555. The molecular weight excluding hydrogens is 570 g/mol. The third-order valence-corrected chi connectivity index (χ3v) is 8.24. The van der Waals surface area contributed by atoms with Crippen molar-refractivity contribution >= 4 is 62.7 Å². The molecule has 0 saturated carbocycles. The van der Waals surface area contributed by atoms with Gasteiger partial charge in [-0.15, -0.1) is 5.10 Å². The third-order valence-electron chi connectivity index (χ3n) is 5.99. The number of hydrogen-bond donors (Lipinski definition) is 1. The number of benzene rings is 2. The zero-order valence-electron chi connectivity index (χ0n) is 21.8. The van der Waals surface area contributed by atoms with Gasteiger partial charge in [0.1, 0.15) is 22.1 Å². The Morgan fingerprint density at radius 3 is 2.61 bits per heavy atom. The average molecular weight is 594 g/mol. The number of ether oxygens (including phenoxy) is 1. The van der Waals surface area contributed by atoms with Gasteiger partial charge in [-0.25, -0.2) is 9.50 Å². The minimum absolute atomic E-state index is 0.0386. The first-order valence-corrected chi connectivity index (χ1v) is 14.1. The van der Waals surface area contributed by atoms with E-state index < -0.39 is 16.1 Å². The summed E-state index contributed by atoms with van der Waals surface area (Å²) in [6.45, 7) is 3.37. The molecule has 2 aromatic carbocycles. The van der Waals surface area contributed by atoms with Crippen LogP contribution in [-0.2, 0) is 20.7 Å². The molecule has 5 rings (SSSR count). The third kappa shape index (κ3) is 5.95. The summed E-state index contributed by atoms with van der Waals surface area (Å²) in [5.41, 5.74) is 2.14. The van der Waals surface area contributed by atoms with E-state index in [4.69, 9.17) is 9.72 Å². The molecule has 0 bridgehead atoms. The molecule has 15 heteroatoms. The zero-order chi connectivity index (χ0) is 29.1. The Morgan fingerprint density at radius 1 is 1.22 bits per heavy atom. The van der Waals surface area contributed by atoms with Crippen LogP contribution in [0.1, 0.15) is 31.0 Å². The van der Waals surface area contributed by atoms with Gasteiger partial charge < -0.3 is 9.84 Å². The number of aryl methyl sites for hydroxylation is 1. The number of amidine groups is 1. The molecule has 0 aliphatic carbocycles. The summed E-state index contributed by atoms with van der Waals surface area (Å²) in [5, 5.41) is 34.7. The number of aromatic nitrogens is 3. The number of phenolic OH excluding ortho intramolecular Hbond substituents is 1. The molecule has 3 heterocycles. The van der Waals surface area contributed by atoms with Gasteiger partial charge in [-0.1, -0.05) is 30.0 Å². The summed E-state index contributed by atoms with van der Waals surface area (Å²) in [5.74, 6) is -0.639. The van der Waals surface area contributed by atoms with Crippen molar-refractivity contribution in [3.8, 4) is 17.0 Å². The van der Waals surface area contributed by atoms with E-state index in [0.717, 1.165) is 11.4 Å². The van der Waals surface area contributed by atoms with Crippen LogP contribution < -0.4 is 4.90 Å². The van der Waals surface area contributed by atoms with Gasteiger partial charge in [0.05, 0.1) is 28.7 Å². The Bertz CT molecular complexity index is 1680. The molecule has 1 fully saturated rings. The number of anilines is 1. The predicted molar refractivity (Wildman–Crippen MR) is 156 cm³/mol. The average Bonchev–Trinajstić information content (AvgIpc) is 3.60. The predicted octanol–water partition coefficient (Wildman–Crippen LogP) is 4.43. The molecule has 13 nitrogen and oxygen atoms in total. The zero-order valence-corrected chi connectivity index (χ0v) is 23.5. The Hall–Kier alpha value is -4.63. The standard InChI is InChI=1S/C26H23N7O6S2/c1-3-22-30-32-20(23(28-25(32)41-22)16-4-6-18(7-5-16)33(37)38)14-27-29-26-31(17-8-10-19(35)11-9-17)24(36)21(40-26)12-13-39-15(2)34/h4-11,14,21,35H,3,12-13H2,1-2H3/b27-14+,29-26-. The smallest absolute Gasteiger partial charge is 0.302 e. The van der Waals surface area contributed by atoms with Crippen molar-refractivity contribution in [2.75, 3.05) is 11.5 Å². The maximum atomic E-state index is 13.3. The SMILES string of the molecule is CCc1nn2c(/C=N/N=C3\SC(CCOC(C)=O)C(=O)N3c3ccc(O)cc3)c(-c3ccc([N+](=O)[O-])cc3)nc2s1. The molecule has 1 saturated heterocycles. The number of hydrogen-bond acceptors (Lipinski definition) is 12. The molecule has 4 aromatic rings. The highest BCUT2D eigenvalue weighted by molar-refractivity contribution is 8.16. The lowest BCUT2D eigenvalue weighted by atomic mass is 10.1. The Balaban J connectivity index is 1.50.